The van der Waals surface area contributed by atoms with Crippen LogP contribution in [0, 0.1) is 0 Å². The summed E-state index contributed by atoms with van der Waals surface area (Å²) in [6.07, 6.45) is 8.07. The van der Waals surface area contributed by atoms with Gasteiger partial charge in [0.2, 0.25) is 0 Å². The molecule has 29 heavy (non-hydrogen) atoms. The third-order valence-electron chi connectivity index (χ3n) is 5.67. The van der Waals surface area contributed by atoms with Gasteiger partial charge in [-0.15, -0.1) is 11.3 Å². The molecule has 5 nitrogen and oxygen atoms in total. The van der Waals surface area contributed by atoms with E-state index in [1.54, 1.807) is 11.3 Å². The second-order valence-corrected chi connectivity index (χ2v) is 8.58. The molecule has 1 N–H and O–H groups in total. The largest absolute Gasteiger partial charge is 0.356 e. The monoisotopic (exact) mass is 409 g/mol. The average Bonchev–Trinajstić information content (AvgIpc) is 3.45. The summed E-state index contributed by atoms with van der Waals surface area (Å²) in [6, 6.07) is 10.6. The summed E-state index contributed by atoms with van der Waals surface area (Å²) in [7, 11) is 1.88. The van der Waals surface area contributed by atoms with E-state index in [4.69, 9.17) is 4.98 Å². The predicted molar refractivity (Wildman–Crippen MR) is 124 cm³/mol. The molecule has 3 heterocycles. The second kappa shape index (κ2) is 9.92. The number of likely N-dealkylation sites (tertiary alicyclic amines) is 1. The highest BCUT2D eigenvalue weighted by atomic mass is 32.1. The number of piperidine rings is 1. The van der Waals surface area contributed by atoms with Crippen LogP contribution in [0.5, 0.6) is 0 Å². The van der Waals surface area contributed by atoms with Crippen molar-refractivity contribution in [2.24, 2.45) is 4.99 Å². The van der Waals surface area contributed by atoms with Gasteiger partial charge in [-0.2, -0.15) is 0 Å². The average molecular weight is 410 g/mol. The van der Waals surface area contributed by atoms with Crippen molar-refractivity contribution in [3.63, 3.8) is 0 Å². The highest BCUT2D eigenvalue weighted by Crippen LogP contribution is 2.24. The Kier molecular flexibility index (Phi) is 6.83. The molecule has 0 radical (unpaired) electrons. The van der Waals surface area contributed by atoms with Crippen LogP contribution < -0.4 is 10.2 Å². The van der Waals surface area contributed by atoms with E-state index in [0.29, 0.717) is 0 Å². The molecule has 2 aromatic rings. The Balaban J connectivity index is 1.23. The molecule has 2 aliphatic heterocycles. The molecule has 0 atom stereocenters. The Labute approximate surface area is 178 Å². The first-order valence-corrected chi connectivity index (χ1v) is 11.6. The molecular formula is C23H31N5S. The summed E-state index contributed by atoms with van der Waals surface area (Å²) in [5.74, 6) is 1.01. The van der Waals surface area contributed by atoms with Crippen LogP contribution in [0.3, 0.4) is 0 Å². The molecule has 0 saturated carbocycles. The first-order chi connectivity index (χ1) is 14.3. The van der Waals surface area contributed by atoms with E-state index in [9.17, 15) is 0 Å². The number of benzene rings is 1. The van der Waals surface area contributed by atoms with Crippen LogP contribution in [-0.4, -0.2) is 55.6 Å². The Hall–Kier alpha value is -2.34. The summed E-state index contributed by atoms with van der Waals surface area (Å²) in [4.78, 5) is 14.1. The molecule has 4 rings (SSSR count). The van der Waals surface area contributed by atoms with Crippen LogP contribution in [0.4, 0.5) is 5.13 Å². The van der Waals surface area contributed by atoms with Crippen molar-refractivity contribution in [2.45, 2.75) is 32.1 Å². The smallest absolute Gasteiger partial charge is 0.193 e. The molecule has 0 aliphatic carbocycles. The summed E-state index contributed by atoms with van der Waals surface area (Å²) in [5.41, 5.74) is 4.02. The fraction of sp³-hybridized carbons (Fsp3) is 0.478. The molecule has 6 heteroatoms. The van der Waals surface area contributed by atoms with Crippen LogP contribution in [-0.2, 0) is 6.42 Å². The number of nitrogens with one attached hydrogen (secondary N) is 1. The minimum absolute atomic E-state index is 0.874. The van der Waals surface area contributed by atoms with Gasteiger partial charge in [0, 0.05) is 51.6 Å². The zero-order valence-electron chi connectivity index (χ0n) is 17.3. The van der Waals surface area contributed by atoms with Gasteiger partial charge in [-0.1, -0.05) is 42.0 Å². The molecular weight excluding hydrogens is 378 g/mol. The third kappa shape index (κ3) is 5.38. The third-order valence-corrected chi connectivity index (χ3v) is 6.62. The van der Waals surface area contributed by atoms with Crippen molar-refractivity contribution in [3.05, 3.63) is 52.5 Å². The summed E-state index contributed by atoms with van der Waals surface area (Å²) in [5, 5.41) is 6.94. The number of rotatable bonds is 5. The maximum Gasteiger partial charge on any atom is 0.193 e. The van der Waals surface area contributed by atoms with Gasteiger partial charge in [0.25, 0.3) is 0 Å². The van der Waals surface area contributed by atoms with Crippen molar-refractivity contribution in [3.8, 4) is 0 Å². The number of nitrogens with zero attached hydrogens (tertiary/aromatic N) is 4. The number of aliphatic imine (C=N–C) groups is 1. The lowest BCUT2D eigenvalue weighted by Gasteiger charge is -2.31. The zero-order valence-corrected chi connectivity index (χ0v) is 18.1. The van der Waals surface area contributed by atoms with Crippen molar-refractivity contribution < 1.29 is 0 Å². The molecule has 1 aromatic heterocycles. The maximum absolute atomic E-state index is 4.82. The second-order valence-electron chi connectivity index (χ2n) is 7.74. The molecule has 0 amide bonds. The molecule has 2 saturated heterocycles. The van der Waals surface area contributed by atoms with Crippen LogP contribution in [0.1, 0.15) is 36.9 Å². The van der Waals surface area contributed by atoms with Crippen molar-refractivity contribution in [2.75, 3.05) is 44.7 Å². The zero-order chi connectivity index (χ0) is 19.9. The lowest BCUT2D eigenvalue weighted by Crippen LogP contribution is -2.45. The van der Waals surface area contributed by atoms with Gasteiger partial charge in [0.05, 0.1) is 5.69 Å². The highest BCUT2D eigenvalue weighted by Gasteiger charge is 2.18. The molecule has 0 bridgehead atoms. The van der Waals surface area contributed by atoms with E-state index >= 15 is 0 Å². The minimum Gasteiger partial charge on any atom is -0.356 e. The van der Waals surface area contributed by atoms with E-state index in [0.717, 1.165) is 57.9 Å². The van der Waals surface area contributed by atoms with E-state index in [2.05, 4.69) is 61.9 Å². The van der Waals surface area contributed by atoms with E-state index in [1.165, 1.54) is 34.8 Å². The fourth-order valence-electron chi connectivity index (χ4n) is 4.03. The molecule has 154 valence electrons. The lowest BCUT2D eigenvalue weighted by atomic mass is 10.0. The summed E-state index contributed by atoms with van der Waals surface area (Å²) < 4.78 is 0. The topological polar surface area (TPSA) is 43.8 Å². The molecule has 1 aromatic carbocycles. The standard InChI is InChI=1S/C23H31N5S/c1-24-22(25-12-9-21-18-29-23(26-21)28-13-5-6-14-28)27-15-10-20(11-16-27)17-19-7-3-2-4-8-19/h2-4,7-8,17-18H,5-6,9-16H2,1H3,(H,24,25). The Morgan fingerprint density at radius 2 is 1.90 bits per heavy atom. The predicted octanol–water partition coefficient (Wildman–Crippen LogP) is 4.04. The Morgan fingerprint density at radius 1 is 1.14 bits per heavy atom. The fourth-order valence-corrected chi connectivity index (χ4v) is 4.95. The molecule has 0 spiro atoms. The van der Waals surface area contributed by atoms with Gasteiger partial charge >= 0.3 is 0 Å². The molecule has 0 unspecified atom stereocenters. The summed E-state index contributed by atoms with van der Waals surface area (Å²) >= 11 is 1.78. The Bertz CT molecular complexity index is 826. The van der Waals surface area contributed by atoms with Crippen LogP contribution in [0.2, 0.25) is 0 Å². The molecule has 2 fully saturated rings. The van der Waals surface area contributed by atoms with Crippen molar-refractivity contribution in [1.29, 1.82) is 0 Å². The normalized spacial score (nSPS) is 17.7. The van der Waals surface area contributed by atoms with Gasteiger partial charge in [-0.05, 0) is 31.2 Å². The summed E-state index contributed by atoms with van der Waals surface area (Å²) in [6.45, 7) is 5.24. The first-order valence-electron chi connectivity index (χ1n) is 10.7. The van der Waals surface area contributed by atoms with Gasteiger partial charge in [-0.25, -0.2) is 4.98 Å². The van der Waals surface area contributed by atoms with Crippen molar-refractivity contribution >= 4 is 28.5 Å². The Morgan fingerprint density at radius 3 is 2.62 bits per heavy atom. The van der Waals surface area contributed by atoms with E-state index in [-0.39, 0.29) is 0 Å². The lowest BCUT2D eigenvalue weighted by molar-refractivity contribution is 0.376. The van der Waals surface area contributed by atoms with E-state index < -0.39 is 0 Å². The van der Waals surface area contributed by atoms with Gasteiger partial charge in [0.15, 0.2) is 11.1 Å². The highest BCUT2D eigenvalue weighted by molar-refractivity contribution is 7.13. The quantitative estimate of drug-likeness (QED) is 0.598. The van der Waals surface area contributed by atoms with Gasteiger partial charge in [0.1, 0.15) is 0 Å². The van der Waals surface area contributed by atoms with E-state index in [1.807, 2.05) is 7.05 Å². The number of anilines is 1. The number of hydrogen-bond acceptors (Lipinski definition) is 4. The SMILES string of the molecule is CN=C(NCCc1csc(N2CCCC2)n1)N1CCC(=Cc2ccccc2)CC1. The van der Waals surface area contributed by atoms with Gasteiger partial charge in [-0.3, -0.25) is 4.99 Å². The maximum atomic E-state index is 4.82. The number of thiazole rings is 1. The number of hydrogen-bond donors (Lipinski definition) is 1. The van der Waals surface area contributed by atoms with Crippen LogP contribution in [0.25, 0.3) is 6.08 Å². The number of aromatic nitrogens is 1. The molecule has 2 aliphatic rings. The van der Waals surface area contributed by atoms with Crippen LogP contribution >= 0.6 is 11.3 Å². The first kappa shape index (κ1) is 20.0. The number of guanidine groups is 1. The minimum atomic E-state index is 0.874. The van der Waals surface area contributed by atoms with Crippen LogP contribution in [0.15, 0.2) is 46.3 Å². The van der Waals surface area contributed by atoms with Gasteiger partial charge < -0.3 is 15.1 Å². The van der Waals surface area contributed by atoms with Crippen molar-refractivity contribution in [1.82, 2.24) is 15.2 Å².